The normalized spacial score (nSPS) is 38.6. The number of rotatable bonds is 3. The second-order valence-corrected chi connectivity index (χ2v) is 6.00. The first-order valence-corrected chi connectivity index (χ1v) is 7.27. The minimum absolute atomic E-state index is 0.0612. The Bertz CT molecular complexity index is 236. The third kappa shape index (κ3) is 3.00. The molecule has 0 spiro atoms. The Balaban J connectivity index is 1.97. The van der Waals surface area contributed by atoms with Crippen LogP contribution in [0.1, 0.15) is 46.0 Å². The molecule has 2 aliphatic heterocycles. The largest absolute Gasteiger partial charge is 0.316 e. The Labute approximate surface area is 105 Å². The van der Waals surface area contributed by atoms with Gasteiger partial charge in [0.15, 0.2) is 0 Å². The predicted octanol–water partition coefficient (Wildman–Crippen LogP) is 2.49. The molecule has 0 aromatic carbocycles. The Hall–Kier alpha value is -0.150. The molecule has 2 saturated heterocycles. The number of alkyl halides is 1. The van der Waals surface area contributed by atoms with Crippen LogP contribution < -0.4 is 10.6 Å². The molecule has 2 fully saturated rings. The number of hydrogen-bond acceptors (Lipinski definition) is 2. The average molecular weight is 242 g/mol. The maximum Gasteiger partial charge on any atom is 0.127 e. The maximum absolute atomic E-state index is 15.1. The van der Waals surface area contributed by atoms with Crippen molar-refractivity contribution in [1.82, 2.24) is 10.6 Å². The number of nitrogens with one attached hydrogen (secondary N) is 2. The summed E-state index contributed by atoms with van der Waals surface area (Å²) in [7, 11) is 0. The SMILES string of the molecule is CCC1CCNC(C(C)(F)C2CCCNC2)C1. The van der Waals surface area contributed by atoms with E-state index in [0.29, 0.717) is 5.92 Å². The topological polar surface area (TPSA) is 24.1 Å². The standard InChI is InChI=1S/C14H27FN2/c1-3-11-6-8-17-13(9-11)14(2,15)12-5-4-7-16-10-12/h11-13,16-17H,3-10H2,1-2H3. The third-order valence-corrected chi connectivity index (χ3v) is 4.87. The summed E-state index contributed by atoms with van der Waals surface area (Å²) in [4.78, 5) is 0. The van der Waals surface area contributed by atoms with Crippen LogP contribution in [0.5, 0.6) is 0 Å². The molecule has 0 radical (unpaired) electrons. The van der Waals surface area contributed by atoms with Gasteiger partial charge in [0.05, 0.1) is 0 Å². The molecule has 3 heteroatoms. The van der Waals surface area contributed by atoms with Crippen LogP contribution in [0.15, 0.2) is 0 Å². The van der Waals surface area contributed by atoms with Gasteiger partial charge in [-0.1, -0.05) is 13.3 Å². The minimum Gasteiger partial charge on any atom is -0.316 e. The average Bonchev–Trinajstić information content (AvgIpc) is 2.40. The van der Waals surface area contributed by atoms with Crippen LogP contribution >= 0.6 is 0 Å². The zero-order chi connectivity index (χ0) is 12.3. The molecule has 2 rings (SSSR count). The van der Waals surface area contributed by atoms with Gasteiger partial charge in [-0.2, -0.15) is 0 Å². The molecule has 0 bridgehead atoms. The second-order valence-electron chi connectivity index (χ2n) is 6.00. The minimum atomic E-state index is -1.05. The van der Waals surface area contributed by atoms with Gasteiger partial charge in [-0.05, 0) is 51.6 Å². The molecule has 17 heavy (non-hydrogen) atoms. The van der Waals surface area contributed by atoms with Crippen LogP contribution in [0.25, 0.3) is 0 Å². The molecule has 0 aliphatic carbocycles. The number of halogens is 1. The molecule has 2 nitrogen and oxygen atoms in total. The van der Waals surface area contributed by atoms with E-state index < -0.39 is 5.67 Å². The van der Waals surface area contributed by atoms with E-state index in [0.717, 1.165) is 38.9 Å². The van der Waals surface area contributed by atoms with E-state index >= 15 is 4.39 Å². The summed E-state index contributed by atoms with van der Waals surface area (Å²) in [5, 5.41) is 6.76. The molecule has 2 N–H and O–H groups in total. The van der Waals surface area contributed by atoms with Gasteiger partial charge in [0.25, 0.3) is 0 Å². The Kier molecular flexibility index (Phi) is 4.42. The first kappa shape index (κ1) is 13.3. The molecule has 100 valence electrons. The van der Waals surface area contributed by atoms with Crippen molar-refractivity contribution in [3.8, 4) is 0 Å². The van der Waals surface area contributed by atoms with Crippen LogP contribution in [0.3, 0.4) is 0 Å². The molecule has 4 unspecified atom stereocenters. The van der Waals surface area contributed by atoms with Gasteiger partial charge in [-0.3, -0.25) is 0 Å². The summed E-state index contributed by atoms with van der Waals surface area (Å²) in [5.74, 6) is 0.900. The van der Waals surface area contributed by atoms with Crippen molar-refractivity contribution >= 4 is 0 Å². The fraction of sp³-hybridized carbons (Fsp3) is 1.00. The zero-order valence-electron chi connectivity index (χ0n) is 11.3. The van der Waals surface area contributed by atoms with E-state index in [9.17, 15) is 0 Å². The van der Waals surface area contributed by atoms with Crippen molar-refractivity contribution in [3.63, 3.8) is 0 Å². The highest BCUT2D eigenvalue weighted by Gasteiger charge is 2.43. The van der Waals surface area contributed by atoms with E-state index in [4.69, 9.17) is 0 Å². The third-order valence-electron chi connectivity index (χ3n) is 4.87. The fourth-order valence-electron chi connectivity index (χ4n) is 3.42. The molecular weight excluding hydrogens is 215 g/mol. The predicted molar refractivity (Wildman–Crippen MR) is 69.9 cm³/mol. The molecule has 0 aromatic rings. The van der Waals surface area contributed by atoms with E-state index in [1.807, 2.05) is 6.92 Å². The van der Waals surface area contributed by atoms with Crippen LogP contribution in [-0.2, 0) is 0 Å². The second kappa shape index (κ2) is 5.66. The van der Waals surface area contributed by atoms with Crippen molar-refractivity contribution in [2.75, 3.05) is 19.6 Å². The van der Waals surface area contributed by atoms with Gasteiger partial charge in [0.1, 0.15) is 5.67 Å². The first-order chi connectivity index (χ1) is 8.14. The van der Waals surface area contributed by atoms with Gasteiger partial charge in [-0.15, -0.1) is 0 Å². The highest BCUT2D eigenvalue weighted by molar-refractivity contribution is 4.98. The number of hydrogen-bond donors (Lipinski definition) is 2. The lowest BCUT2D eigenvalue weighted by Crippen LogP contribution is -2.56. The molecule has 0 saturated carbocycles. The first-order valence-electron chi connectivity index (χ1n) is 7.27. The molecule has 4 atom stereocenters. The number of piperidine rings is 2. The highest BCUT2D eigenvalue weighted by Crippen LogP contribution is 2.36. The van der Waals surface area contributed by atoms with Crippen LogP contribution in [0.4, 0.5) is 4.39 Å². The Morgan fingerprint density at radius 1 is 1.29 bits per heavy atom. The van der Waals surface area contributed by atoms with Crippen molar-refractivity contribution in [2.45, 2.75) is 57.7 Å². The molecule has 0 amide bonds. The summed E-state index contributed by atoms with van der Waals surface area (Å²) in [6.45, 7) is 6.94. The fourth-order valence-corrected chi connectivity index (χ4v) is 3.42. The van der Waals surface area contributed by atoms with E-state index in [-0.39, 0.29) is 12.0 Å². The highest BCUT2D eigenvalue weighted by atomic mass is 19.1. The van der Waals surface area contributed by atoms with E-state index in [2.05, 4.69) is 17.6 Å². The Morgan fingerprint density at radius 3 is 2.76 bits per heavy atom. The van der Waals surface area contributed by atoms with E-state index in [1.165, 1.54) is 12.8 Å². The molecule has 2 aliphatic rings. The van der Waals surface area contributed by atoms with Crippen LogP contribution in [0, 0.1) is 11.8 Å². The van der Waals surface area contributed by atoms with Crippen molar-refractivity contribution in [3.05, 3.63) is 0 Å². The van der Waals surface area contributed by atoms with Crippen molar-refractivity contribution < 1.29 is 4.39 Å². The monoisotopic (exact) mass is 242 g/mol. The lowest BCUT2D eigenvalue weighted by molar-refractivity contribution is 0.0214. The van der Waals surface area contributed by atoms with Crippen molar-refractivity contribution in [1.29, 1.82) is 0 Å². The molecule has 0 aromatic heterocycles. The quantitative estimate of drug-likeness (QED) is 0.794. The zero-order valence-corrected chi connectivity index (χ0v) is 11.3. The van der Waals surface area contributed by atoms with Gasteiger partial charge in [0.2, 0.25) is 0 Å². The molecule has 2 heterocycles. The maximum atomic E-state index is 15.1. The summed E-state index contributed by atoms with van der Waals surface area (Å²) < 4.78 is 15.1. The Morgan fingerprint density at radius 2 is 2.12 bits per heavy atom. The summed E-state index contributed by atoms with van der Waals surface area (Å²) in [6.07, 6.45) is 5.58. The summed E-state index contributed by atoms with van der Waals surface area (Å²) in [6, 6.07) is 0.0612. The van der Waals surface area contributed by atoms with E-state index in [1.54, 1.807) is 0 Å². The lowest BCUT2D eigenvalue weighted by atomic mass is 9.75. The summed E-state index contributed by atoms with van der Waals surface area (Å²) >= 11 is 0. The smallest absolute Gasteiger partial charge is 0.127 e. The van der Waals surface area contributed by atoms with Gasteiger partial charge < -0.3 is 10.6 Å². The summed E-state index contributed by atoms with van der Waals surface area (Å²) in [5.41, 5.74) is -1.05. The van der Waals surface area contributed by atoms with Crippen LogP contribution in [-0.4, -0.2) is 31.3 Å². The van der Waals surface area contributed by atoms with Crippen LogP contribution in [0.2, 0.25) is 0 Å². The molecular formula is C14H27FN2. The van der Waals surface area contributed by atoms with Crippen molar-refractivity contribution in [2.24, 2.45) is 11.8 Å². The van der Waals surface area contributed by atoms with Gasteiger partial charge >= 0.3 is 0 Å². The van der Waals surface area contributed by atoms with Gasteiger partial charge in [-0.25, -0.2) is 4.39 Å². The lowest BCUT2D eigenvalue weighted by Gasteiger charge is -2.43. The van der Waals surface area contributed by atoms with Gasteiger partial charge in [0, 0.05) is 18.5 Å².